The number of benzene rings is 1. The van der Waals surface area contributed by atoms with E-state index < -0.39 is 0 Å². The fraction of sp³-hybridized carbons (Fsp3) is 0.267. The molecule has 0 aliphatic rings. The van der Waals surface area contributed by atoms with E-state index in [2.05, 4.69) is 0 Å². The van der Waals surface area contributed by atoms with Crippen LogP contribution < -0.4 is 4.74 Å². The lowest BCUT2D eigenvalue weighted by atomic mass is 10.2. The molecule has 0 fully saturated rings. The first kappa shape index (κ1) is 14.0. The maximum absolute atomic E-state index is 11.4. The summed E-state index contributed by atoms with van der Waals surface area (Å²) in [6.07, 6.45) is 4.99. The van der Waals surface area contributed by atoms with Crippen molar-refractivity contribution < 1.29 is 14.3 Å². The van der Waals surface area contributed by atoms with Crippen LogP contribution >= 0.6 is 0 Å². The summed E-state index contributed by atoms with van der Waals surface area (Å²) in [6, 6.07) is 7.43. The highest BCUT2D eigenvalue weighted by Crippen LogP contribution is 2.12. The minimum atomic E-state index is -0.344. The Labute approximate surface area is 108 Å². The Morgan fingerprint density at radius 1 is 1.22 bits per heavy atom. The third-order valence-corrected chi connectivity index (χ3v) is 2.24. The van der Waals surface area contributed by atoms with E-state index in [1.165, 1.54) is 6.08 Å². The zero-order valence-corrected chi connectivity index (χ0v) is 11.0. The molecule has 3 nitrogen and oxygen atoms in total. The van der Waals surface area contributed by atoms with Crippen molar-refractivity contribution >= 4 is 12.0 Å². The van der Waals surface area contributed by atoms with Crippen LogP contribution in [0, 0.1) is 0 Å². The lowest BCUT2D eigenvalue weighted by Gasteiger charge is -1.99. The van der Waals surface area contributed by atoms with E-state index >= 15 is 0 Å². The molecule has 0 N–H and O–H groups in total. The van der Waals surface area contributed by atoms with Crippen LogP contribution in [0.1, 0.15) is 19.4 Å². The van der Waals surface area contributed by atoms with Crippen LogP contribution in [0.5, 0.6) is 5.75 Å². The average molecular weight is 246 g/mol. The third-order valence-electron chi connectivity index (χ3n) is 2.24. The van der Waals surface area contributed by atoms with Gasteiger partial charge in [-0.05, 0) is 43.7 Å². The minimum absolute atomic E-state index is 0.314. The Balaban J connectivity index is 2.47. The van der Waals surface area contributed by atoms with Gasteiger partial charge >= 0.3 is 5.97 Å². The van der Waals surface area contributed by atoms with Gasteiger partial charge in [-0.2, -0.15) is 0 Å². The number of ether oxygens (including phenoxy) is 2. The lowest BCUT2D eigenvalue weighted by Crippen LogP contribution is -2.00. The summed E-state index contributed by atoms with van der Waals surface area (Å²) in [5.74, 6) is 0.446. The molecule has 1 rings (SSSR count). The molecule has 1 aromatic carbocycles. The Bertz CT molecular complexity index is 437. The smallest absolute Gasteiger partial charge is 0.331 e. The second kappa shape index (κ2) is 7.33. The van der Waals surface area contributed by atoms with Crippen molar-refractivity contribution in [1.29, 1.82) is 0 Å². The summed E-state index contributed by atoms with van der Waals surface area (Å²) in [5.41, 5.74) is 2.05. The number of rotatable bonds is 5. The zero-order chi connectivity index (χ0) is 13.4. The van der Waals surface area contributed by atoms with Crippen molar-refractivity contribution in [3.8, 4) is 5.75 Å². The maximum atomic E-state index is 11.4. The average Bonchev–Trinajstić information content (AvgIpc) is 2.36. The van der Waals surface area contributed by atoms with Gasteiger partial charge in [-0.15, -0.1) is 0 Å². The van der Waals surface area contributed by atoms with E-state index in [0.717, 1.165) is 16.9 Å². The molecule has 0 saturated carbocycles. The van der Waals surface area contributed by atoms with Gasteiger partial charge in [0.1, 0.15) is 12.4 Å². The van der Waals surface area contributed by atoms with Crippen molar-refractivity contribution in [1.82, 2.24) is 0 Å². The first-order valence-corrected chi connectivity index (χ1v) is 5.74. The molecule has 96 valence electrons. The van der Waals surface area contributed by atoms with Crippen molar-refractivity contribution in [3.63, 3.8) is 0 Å². The normalized spacial score (nSPS) is 10.2. The van der Waals surface area contributed by atoms with E-state index in [1.807, 2.05) is 44.2 Å². The zero-order valence-electron chi connectivity index (χ0n) is 11.0. The Kier molecular flexibility index (Phi) is 5.71. The van der Waals surface area contributed by atoms with Crippen molar-refractivity contribution in [2.75, 3.05) is 13.7 Å². The third kappa shape index (κ3) is 5.34. The molecule has 0 amide bonds. The van der Waals surface area contributed by atoms with Crippen LogP contribution in [0.2, 0.25) is 0 Å². The minimum Gasteiger partial charge on any atom is -0.497 e. The number of allylic oxidation sites excluding steroid dienone is 1. The molecule has 0 bridgehead atoms. The van der Waals surface area contributed by atoms with Gasteiger partial charge in [-0.3, -0.25) is 0 Å². The van der Waals surface area contributed by atoms with Gasteiger partial charge < -0.3 is 9.47 Å². The quantitative estimate of drug-likeness (QED) is 0.454. The predicted octanol–water partition coefficient (Wildman–Crippen LogP) is 3.22. The van der Waals surface area contributed by atoms with Gasteiger partial charge in [-0.25, -0.2) is 4.79 Å². The highest BCUT2D eigenvalue weighted by Gasteiger charge is 1.95. The van der Waals surface area contributed by atoms with E-state index in [0.29, 0.717) is 6.61 Å². The van der Waals surface area contributed by atoms with Crippen LogP contribution in [0.25, 0.3) is 6.08 Å². The molecule has 0 aromatic heterocycles. The van der Waals surface area contributed by atoms with Crippen LogP contribution in [0.15, 0.2) is 42.0 Å². The molecule has 0 atom stereocenters. The van der Waals surface area contributed by atoms with Crippen molar-refractivity contribution in [2.24, 2.45) is 0 Å². The monoisotopic (exact) mass is 246 g/mol. The summed E-state index contributed by atoms with van der Waals surface area (Å²) in [6.45, 7) is 4.23. The van der Waals surface area contributed by atoms with Gasteiger partial charge in [0.2, 0.25) is 0 Å². The van der Waals surface area contributed by atoms with Gasteiger partial charge in [0, 0.05) is 6.08 Å². The number of carbonyl (C=O) groups excluding carboxylic acids is 1. The van der Waals surface area contributed by atoms with E-state index in [4.69, 9.17) is 9.47 Å². The first-order valence-electron chi connectivity index (χ1n) is 5.74. The summed E-state index contributed by atoms with van der Waals surface area (Å²) >= 11 is 0. The second-order valence-electron chi connectivity index (χ2n) is 4.02. The molecule has 0 unspecified atom stereocenters. The number of methoxy groups -OCH3 is 1. The number of hydrogen-bond acceptors (Lipinski definition) is 3. The van der Waals surface area contributed by atoms with Crippen LogP contribution in [0.4, 0.5) is 0 Å². The standard InChI is InChI=1S/C15H18O3/c1-12(2)10-11-18-15(16)9-6-13-4-7-14(17-3)8-5-13/h4-10H,11H2,1-3H3. The molecule has 3 heteroatoms. The van der Waals surface area contributed by atoms with Gasteiger partial charge in [0.15, 0.2) is 0 Å². The van der Waals surface area contributed by atoms with Gasteiger partial charge in [0.05, 0.1) is 7.11 Å². The van der Waals surface area contributed by atoms with Crippen molar-refractivity contribution in [2.45, 2.75) is 13.8 Å². The Hall–Kier alpha value is -2.03. The molecule has 1 aromatic rings. The number of carbonyl (C=O) groups is 1. The molecule has 0 saturated heterocycles. The fourth-order valence-electron chi connectivity index (χ4n) is 1.22. The second-order valence-corrected chi connectivity index (χ2v) is 4.02. The fourth-order valence-corrected chi connectivity index (χ4v) is 1.22. The number of hydrogen-bond donors (Lipinski definition) is 0. The SMILES string of the molecule is COc1ccc(C=CC(=O)OCC=C(C)C)cc1. The molecule has 18 heavy (non-hydrogen) atoms. The molecule has 0 radical (unpaired) electrons. The summed E-state index contributed by atoms with van der Waals surface area (Å²) < 4.78 is 10.0. The molecule has 0 aliphatic heterocycles. The Morgan fingerprint density at radius 2 is 1.89 bits per heavy atom. The summed E-state index contributed by atoms with van der Waals surface area (Å²) in [7, 11) is 1.62. The molecular formula is C15H18O3. The van der Waals surface area contributed by atoms with E-state index in [1.54, 1.807) is 13.2 Å². The number of esters is 1. The van der Waals surface area contributed by atoms with Crippen LogP contribution in [0.3, 0.4) is 0 Å². The first-order chi connectivity index (χ1) is 8.61. The molecule has 0 spiro atoms. The highest BCUT2D eigenvalue weighted by molar-refractivity contribution is 5.87. The van der Waals surface area contributed by atoms with Gasteiger partial charge in [-0.1, -0.05) is 17.7 Å². The Morgan fingerprint density at radius 3 is 2.44 bits per heavy atom. The predicted molar refractivity (Wildman–Crippen MR) is 72.4 cm³/mol. The largest absolute Gasteiger partial charge is 0.497 e. The summed E-state index contributed by atoms with van der Waals surface area (Å²) in [5, 5.41) is 0. The van der Waals surface area contributed by atoms with E-state index in [-0.39, 0.29) is 5.97 Å². The van der Waals surface area contributed by atoms with E-state index in [9.17, 15) is 4.79 Å². The maximum Gasteiger partial charge on any atom is 0.331 e. The molecule has 0 heterocycles. The summed E-state index contributed by atoms with van der Waals surface area (Å²) in [4.78, 5) is 11.4. The topological polar surface area (TPSA) is 35.5 Å². The van der Waals surface area contributed by atoms with Crippen LogP contribution in [-0.4, -0.2) is 19.7 Å². The molecule has 0 aliphatic carbocycles. The highest BCUT2D eigenvalue weighted by atomic mass is 16.5. The van der Waals surface area contributed by atoms with Gasteiger partial charge in [0.25, 0.3) is 0 Å². The van der Waals surface area contributed by atoms with Crippen molar-refractivity contribution in [3.05, 3.63) is 47.6 Å². The lowest BCUT2D eigenvalue weighted by molar-refractivity contribution is -0.136. The van der Waals surface area contributed by atoms with Crippen LogP contribution in [-0.2, 0) is 9.53 Å². The molecular weight excluding hydrogens is 228 g/mol.